The van der Waals surface area contributed by atoms with Gasteiger partial charge in [0, 0.05) is 11.6 Å². The molecule has 1 aromatic carbocycles. The SMILES string of the molecule is CC(C)n1cc(NC(=O)NCc2noc(-c3ccc4c(c3)OCO4)n2)nn1. The van der Waals surface area contributed by atoms with Crippen LogP contribution < -0.4 is 20.1 Å². The quantitative estimate of drug-likeness (QED) is 0.696. The number of fused-ring (bicyclic) bond motifs is 1. The van der Waals surface area contributed by atoms with Crippen LogP contribution in [0, 0.1) is 0 Å². The van der Waals surface area contributed by atoms with Gasteiger partial charge in [0.1, 0.15) is 0 Å². The summed E-state index contributed by atoms with van der Waals surface area (Å²) in [5.74, 6) is 2.31. The zero-order chi connectivity index (χ0) is 18.8. The number of carbonyl (C=O) groups is 1. The molecule has 3 heterocycles. The first-order valence-electron chi connectivity index (χ1n) is 8.28. The van der Waals surface area contributed by atoms with Gasteiger partial charge in [-0.2, -0.15) is 4.98 Å². The minimum absolute atomic E-state index is 0.0954. The van der Waals surface area contributed by atoms with Crippen molar-refractivity contribution >= 4 is 11.8 Å². The number of nitrogens with zero attached hydrogens (tertiary/aromatic N) is 5. The van der Waals surface area contributed by atoms with Crippen LogP contribution in [0.4, 0.5) is 10.6 Å². The van der Waals surface area contributed by atoms with Crippen LogP contribution in [0.25, 0.3) is 11.5 Å². The molecule has 0 unspecified atom stereocenters. The predicted octanol–water partition coefficient (Wildman–Crippen LogP) is 1.96. The van der Waals surface area contributed by atoms with E-state index in [-0.39, 0.29) is 19.4 Å². The average Bonchev–Trinajstić information content (AvgIpc) is 3.39. The van der Waals surface area contributed by atoms with E-state index in [1.165, 1.54) is 0 Å². The van der Waals surface area contributed by atoms with Crippen LogP contribution in [0.1, 0.15) is 25.7 Å². The van der Waals surface area contributed by atoms with Gasteiger partial charge in [-0.3, -0.25) is 5.32 Å². The van der Waals surface area contributed by atoms with Gasteiger partial charge in [-0.15, -0.1) is 5.10 Å². The molecule has 27 heavy (non-hydrogen) atoms. The van der Waals surface area contributed by atoms with E-state index < -0.39 is 6.03 Å². The minimum Gasteiger partial charge on any atom is -0.454 e. The second-order valence-electron chi connectivity index (χ2n) is 6.07. The fourth-order valence-corrected chi connectivity index (χ4v) is 2.38. The summed E-state index contributed by atoms with van der Waals surface area (Å²) in [6, 6.07) is 5.04. The van der Waals surface area contributed by atoms with E-state index in [1.807, 2.05) is 13.8 Å². The number of urea groups is 1. The van der Waals surface area contributed by atoms with E-state index in [2.05, 4.69) is 31.1 Å². The molecule has 0 aliphatic carbocycles. The van der Waals surface area contributed by atoms with E-state index in [9.17, 15) is 4.79 Å². The summed E-state index contributed by atoms with van der Waals surface area (Å²) in [6.45, 7) is 4.22. The molecule has 0 spiro atoms. The number of anilines is 1. The molecule has 1 aliphatic rings. The zero-order valence-corrected chi connectivity index (χ0v) is 14.7. The summed E-state index contributed by atoms with van der Waals surface area (Å²) < 4.78 is 17.5. The third kappa shape index (κ3) is 3.66. The third-order valence-electron chi connectivity index (χ3n) is 3.78. The fourth-order valence-electron chi connectivity index (χ4n) is 2.38. The molecule has 0 radical (unpaired) electrons. The highest BCUT2D eigenvalue weighted by atomic mass is 16.7. The molecule has 0 fully saturated rings. The van der Waals surface area contributed by atoms with Crippen molar-refractivity contribution in [1.29, 1.82) is 0 Å². The highest BCUT2D eigenvalue weighted by Gasteiger charge is 2.17. The largest absolute Gasteiger partial charge is 0.454 e. The number of aromatic nitrogens is 5. The van der Waals surface area contributed by atoms with Crippen molar-refractivity contribution in [3.8, 4) is 23.0 Å². The van der Waals surface area contributed by atoms with Gasteiger partial charge in [0.25, 0.3) is 5.89 Å². The summed E-state index contributed by atoms with van der Waals surface area (Å²) in [4.78, 5) is 16.2. The number of hydrogen-bond donors (Lipinski definition) is 2. The maximum absolute atomic E-state index is 12.0. The number of carbonyl (C=O) groups excluding carboxylic acids is 1. The zero-order valence-electron chi connectivity index (χ0n) is 14.7. The highest BCUT2D eigenvalue weighted by molar-refractivity contribution is 5.87. The second-order valence-corrected chi connectivity index (χ2v) is 6.07. The number of hydrogen-bond acceptors (Lipinski definition) is 8. The van der Waals surface area contributed by atoms with Gasteiger partial charge in [-0.25, -0.2) is 9.48 Å². The summed E-state index contributed by atoms with van der Waals surface area (Å²) in [5.41, 5.74) is 0.702. The lowest BCUT2D eigenvalue weighted by atomic mass is 10.2. The summed E-state index contributed by atoms with van der Waals surface area (Å²) in [5, 5.41) is 16.9. The Kier molecular flexibility index (Phi) is 4.32. The van der Waals surface area contributed by atoms with Crippen molar-refractivity contribution in [2.24, 2.45) is 0 Å². The smallest absolute Gasteiger partial charge is 0.320 e. The maximum atomic E-state index is 12.0. The normalized spacial score (nSPS) is 12.4. The first-order valence-corrected chi connectivity index (χ1v) is 8.28. The first-order chi connectivity index (χ1) is 13.1. The van der Waals surface area contributed by atoms with Gasteiger partial charge >= 0.3 is 6.03 Å². The molecule has 2 N–H and O–H groups in total. The molecule has 0 saturated carbocycles. The Hall–Kier alpha value is -3.63. The molecule has 0 bridgehead atoms. The van der Waals surface area contributed by atoms with Gasteiger partial charge in [0.15, 0.2) is 23.1 Å². The molecule has 11 heteroatoms. The molecule has 2 amide bonds. The van der Waals surface area contributed by atoms with Crippen LogP contribution in [0.15, 0.2) is 28.9 Å². The van der Waals surface area contributed by atoms with Crippen LogP contribution in [0.5, 0.6) is 11.5 Å². The van der Waals surface area contributed by atoms with Crippen LogP contribution in [0.3, 0.4) is 0 Å². The van der Waals surface area contributed by atoms with Gasteiger partial charge in [-0.1, -0.05) is 10.4 Å². The van der Waals surface area contributed by atoms with Crippen LogP contribution in [-0.4, -0.2) is 38.0 Å². The molecular formula is C16H17N7O4. The monoisotopic (exact) mass is 371 g/mol. The van der Waals surface area contributed by atoms with E-state index in [1.54, 1.807) is 29.1 Å². The van der Waals surface area contributed by atoms with E-state index in [0.29, 0.717) is 34.6 Å². The number of rotatable bonds is 5. The van der Waals surface area contributed by atoms with E-state index in [0.717, 1.165) is 0 Å². The van der Waals surface area contributed by atoms with E-state index >= 15 is 0 Å². The molecule has 0 saturated heterocycles. The number of benzene rings is 1. The highest BCUT2D eigenvalue weighted by Crippen LogP contribution is 2.35. The third-order valence-corrected chi connectivity index (χ3v) is 3.78. The minimum atomic E-state index is -0.444. The molecule has 4 rings (SSSR count). The topological polar surface area (TPSA) is 129 Å². The fraction of sp³-hybridized carbons (Fsp3) is 0.312. The number of amides is 2. The van der Waals surface area contributed by atoms with Crippen LogP contribution >= 0.6 is 0 Å². The second kappa shape index (κ2) is 6.94. The lowest BCUT2D eigenvalue weighted by molar-refractivity contribution is 0.174. The molecule has 2 aromatic heterocycles. The summed E-state index contributed by atoms with van der Waals surface area (Å²) >= 11 is 0. The Morgan fingerprint density at radius 3 is 2.96 bits per heavy atom. The molecular weight excluding hydrogens is 354 g/mol. The van der Waals surface area contributed by atoms with Crippen molar-refractivity contribution in [2.45, 2.75) is 26.4 Å². The summed E-state index contributed by atoms with van der Waals surface area (Å²) in [7, 11) is 0. The van der Waals surface area contributed by atoms with Crippen molar-refractivity contribution in [3.63, 3.8) is 0 Å². The van der Waals surface area contributed by atoms with Crippen molar-refractivity contribution in [3.05, 3.63) is 30.2 Å². The molecule has 0 atom stereocenters. The Balaban J connectivity index is 1.34. The average molecular weight is 371 g/mol. The lowest BCUT2D eigenvalue weighted by Crippen LogP contribution is -2.28. The molecule has 3 aromatic rings. The lowest BCUT2D eigenvalue weighted by Gasteiger charge is -2.03. The van der Waals surface area contributed by atoms with Crippen LogP contribution in [0.2, 0.25) is 0 Å². The molecule has 1 aliphatic heterocycles. The number of ether oxygens (including phenoxy) is 2. The summed E-state index contributed by atoms with van der Waals surface area (Å²) in [6.07, 6.45) is 1.65. The predicted molar refractivity (Wildman–Crippen MR) is 92.1 cm³/mol. The van der Waals surface area contributed by atoms with Crippen molar-refractivity contribution in [1.82, 2.24) is 30.5 Å². The van der Waals surface area contributed by atoms with Crippen molar-refractivity contribution in [2.75, 3.05) is 12.1 Å². The Bertz CT molecular complexity index is 965. The van der Waals surface area contributed by atoms with Gasteiger partial charge < -0.3 is 19.3 Å². The van der Waals surface area contributed by atoms with Gasteiger partial charge in [-0.05, 0) is 32.0 Å². The Morgan fingerprint density at radius 2 is 2.15 bits per heavy atom. The van der Waals surface area contributed by atoms with Crippen LogP contribution in [-0.2, 0) is 6.54 Å². The van der Waals surface area contributed by atoms with Crippen molar-refractivity contribution < 1.29 is 18.8 Å². The standard InChI is InChI=1S/C16H17N7O4/c1-9(2)23-7-14(20-22-23)19-16(24)17-6-13-18-15(27-21-13)10-3-4-11-12(5-10)26-8-25-11/h3-5,7,9H,6,8H2,1-2H3,(H2,17,19,24). The van der Waals surface area contributed by atoms with Gasteiger partial charge in [0.05, 0.1) is 12.7 Å². The first kappa shape index (κ1) is 16.8. The maximum Gasteiger partial charge on any atom is 0.320 e. The Morgan fingerprint density at radius 1 is 1.30 bits per heavy atom. The molecule has 140 valence electrons. The van der Waals surface area contributed by atoms with E-state index in [4.69, 9.17) is 14.0 Å². The number of nitrogens with one attached hydrogen (secondary N) is 2. The molecule has 11 nitrogen and oxygen atoms in total. The Labute approximate surface area is 153 Å². The van der Waals surface area contributed by atoms with Gasteiger partial charge in [0.2, 0.25) is 6.79 Å².